The van der Waals surface area contributed by atoms with E-state index in [-0.39, 0.29) is 30.9 Å². The van der Waals surface area contributed by atoms with Gasteiger partial charge in [0.25, 0.3) is 5.91 Å². The van der Waals surface area contributed by atoms with Gasteiger partial charge in [-0.25, -0.2) is 4.79 Å². The SMILES string of the molecule is O=C(NCCc1cccc2cccnc12)c1ccc(CN2C(=O)CNC2=O)cc1. The first-order valence-electron chi connectivity index (χ1n) is 9.40. The Hall–Kier alpha value is -3.74. The molecule has 146 valence electrons. The molecule has 4 rings (SSSR count). The molecule has 2 N–H and O–H groups in total. The molecule has 7 heteroatoms. The number of amides is 4. The quantitative estimate of drug-likeness (QED) is 0.634. The van der Waals surface area contributed by atoms with Gasteiger partial charge >= 0.3 is 6.03 Å². The Balaban J connectivity index is 1.34. The van der Waals surface area contributed by atoms with Crippen LogP contribution in [0.25, 0.3) is 10.9 Å². The Bertz CT molecular complexity index is 1060. The third-order valence-corrected chi connectivity index (χ3v) is 4.89. The average Bonchev–Trinajstić information content (AvgIpc) is 3.06. The van der Waals surface area contributed by atoms with Crippen LogP contribution in [0, 0.1) is 0 Å². The summed E-state index contributed by atoms with van der Waals surface area (Å²) in [6.07, 6.45) is 2.45. The van der Waals surface area contributed by atoms with Crippen molar-refractivity contribution in [3.63, 3.8) is 0 Å². The monoisotopic (exact) mass is 388 g/mol. The summed E-state index contributed by atoms with van der Waals surface area (Å²) < 4.78 is 0. The van der Waals surface area contributed by atoms with Crippen molar-refractivity contribution in [2.24, 2.45) is 0 Å². The summed E-state index contributed by atoms with van der Waals surface area (Å²) in [5.41, 5.74) is 3.36. The normalized spacial score (nSPS) is 13.6. The number of nitrogens with zero attached hydrogens (tertiary/aromatic N) is 2. The van der Waals surface area contributed by atoms with E-state index in [2.05, 4.69) is 15.6 Å². The van der Waals surface area contributed by atoms with Crippen LogP contribution in [0.3, 0.4) is 0 Å². The zero-order chi connectivity index (χ0) is 20.2. The molecule has 1 aliphatic rings. The highest BCUT2D eigenvalue weighted by Crippen LogP contribution is 2.16. The predicted molar refractivity (Wildman–Crippen MR) is 108 cm³/mol. The van der Waals surface area contributed by atoms with Crippen molar-refractivity contribution in [1.82, 2.24) is 20.5 Å². The van der Waals surface area contributed by atoms with Crippen LogP contribution in [0.2, 0.25) is 0 Å². The molecule has 3 aromatic rings. The lowest BCUT2D eigenvalue weighted by molar-refractivity contribution is -0.125. The van der Waals surface area contributed by atoms with Crippen LogP contribution in [0.15, 0.2) is 60.8 Å². The zero-order valence-electron chi connectivity index (χ0n) is 15.7. The topological polar surface area (TPSA) is 91.4 Å². The summed E-state index contributed by atoms with van der Waals surface area (Å²) >= 11 is 0. The van der Waals surface area contributed by atoms with Crippen LogP contribution in [0.4, 0.5) is 4.79 Å². The van der Waals surface area contributed by atoms with Crippen LogP contribution in [-0.4, -0.2) is 40.8 Å². The van der Waals surface area contributed by atoms with Gasteiger partial charge in [0, 0.05) is 23.7 Å². The van der Waals surface area contributed by atoms with Crippen molar-refractivity contribution in [3.05, 3.63) is 77.5 Å². The van der Waals surface area contributed by atoms with E-state index < -0.39 is 0 Å². The van der Waals surface area contributed by atoms with Gasteiger partial charge in [-0.15, -0.1) is 0 Å². The number of urea groups is 1. The summed E-state index contributed by atoms with van der Waals surface area (Å²) in [6, 6.07) is 16.5. The fourth-order valence-electron chi connectivity index (χ4n) is 3.34. The molecule has 1 aromatic heterocycles. The van der Waals surface area contributed by atoms with Crippen LogP contribution in [0.5, 0.6) is 0 Å². The molecule has 1 saturated heterocycles. The largest absolute Gasteiger partial charge is 0.352 e. The second-order valence-electron chi connectivity index (χ2n) is 6.83. The first-order valence-corrected chi connectivity index (χ1v) is 9.40. The number of para-hydroxylation sites is 1. The Labute approximate surface area is 167 Å². The molecule has 0 atom stereocenters. The van der Waals surface area contributed by atoms with Crippen LogP contribution in [-0.2, 0) is 17.8 Å². The molecule has 0 radical (unpaired) electrons. The van der Waals surface area contributed by atoms with Crippen molar-refractivity contribution >= 4 is 28.7 Å². The number of nitrogens with one attached hydrogen (secondary N) is 2. The summed E-state index contributed by atoms with van der Waals surface area (Å²) in [7, 11) is 0. The molecule has 1 fully saturated rings. The maximum absolute atomic E-state index is 12.4. The molecule has 1 aliphatic heterocycles. The van der Waals surface area contributed by atoms with Gasteiger partial charge in [-0.1, -0.05) is 36.4 Å². The van der Waals surface area contributed by atoms with Gasteiger partial charge in [-0.3, -0.25) is 19.5 Å². The fraction of sp³-hybridized carbons (Fsp3) is 0.182. The molecule has 29 heavy (non-hydrogen) atoms. The fourth-order valence-corrected chi connectivity index (χ4v) is 3.34. The third-order valence-electron chi connectivity index (χ3n) is 4.89. The second-order valence-corrected chi connectivity index (χ2v) is 6.83. The Kier molecular flexibility index (Phi) is 5.20. The van der Waals surface area contributed by atoms with Crippen LogP contribution in [0.1, 0.15) is 21.5 Å². The van der Waals surface area contributed by atoms with Gasteiger partial charge < -0.3 is 10.6 Å². The van der Waals surface area contributed by atoms with E-state index in [1.165, 1.54) is 0 Å². The number of hydrogen-bond acceptors (Lipinski definition) is 4. The number of imide groups is 1. The standard InChI is InChI=1S/C22H20N4O3/c27-19-13-25-22(29)26(19)14-15-6-8-18(9-7-15)21(28)24-12-10-17-4-1-3-16-5-2-11-23-20(16)17/h1-9,11H,10,12-14H2,(H,24,28)(H,25,29). The maximum Gasteiger partial charge on any atom is 0.324 e. The van der Waals surface area contributed by atoms with Gasteiger partial charge in [-0.05, 0) is 35.7 Å². The van der Waals surface area contributed by atoms with E-state index in [1.54, 1.807) is 30.5 Å². The van der Waals surface area contributed by atoms with Crippen LogP contribution >= 0.6 is 0 Å². The van der Waals surface area contributed by atoms with Crippen molar-refractivity contribution < 1.29 is 14.4 Å². The smallest absolute Gasteiger partial charge is 0.324 e. The number of aromatic nitrogens is 1. The molecule has 0 spiro atoms. The first-order chi connectivity index (χ1) is 14.1. The highest BCUT2D eigenvalue weighted by Gasteiger charge is 2.28. The molecule has 4 amide bonds. The van der Waals surface area contributed by atoms with Crippen molar-refractivity contribution in [2.45, 2.75) is 13.0 Å². The van der Waals surface area contributed by atoms with E-state index in [1.807, 2.05) is 30.3 Å². The van der Waals surface area contributed by atoms with Gasteiger partial charge in [0.15, 0.2) is 0 Å². The molecular weight excluding hydrogens is 368 g/mol. The second kappa shape index (κ2) is 8.10. The maximum atomic E-state index is 12.4. The summed E-state index contributed by atoms with van der Waals surface area (Å²) in [4.78, 5) is 41.3. The lowest BCUT2D eigenvalue weighted by atomic mass is 10.1. The number of carbonyl (C=O) groups is 3. The number of carbonyl (C=O) groups excluding carboxylic acids is 3. The molecule has 0 aliphatic carbocycles. The van der Waals surface area contributed by atoms with Gasteiger partial charge in [-0.2, -0.15) is 0 Å². The van der Waals surface area contributed by atoms with Gasteiger partial charge in [0.05, 0.1) is 18.6 Å². The Morgan fingerprint density at radius 2 is 1.86 bits per heavy atom. The highest BCUT2D eigenvalue weighted by atomic mass is 16.2. The predicted octanol–water partition coefficient (Wildman–Crippen LogP) is 2.26. The van der Waals surface area contributed by atoms with Crippen molar-refractivity contribution in [2.75, 3.05) is 13.1 Å². The summed E-state index contributed by atoms with van der Waals surface area (Å²) in [5.74, 6) is -0.417. The molecule has 0 unspecified atom stereocenters. The lowest BCUT2D eigenvalue weighted by Crippen LogP contribution is -2.30. The lowest BCUT2D eigenvalue weighted by Gasteiger charge is -2.12. The molecule has 7 nitrogen and oxygen atoms in total. The summed E-state index contributed by atoms with van der Waals surface area (Å²) in [6.45, 7) is 0.727. The van der Waals surface area contributed by atoms with E-state index in [0.29, 0.717) is 18.5 Å². The minimum absolute atomic E-state index is 0.0333. The minimum Gasteiger partial charge on any atom is -0.352 e. The first kappa shape index (κ1) is 18.6. The van der Waals surface area contributed by atoms with Gasteiger partial charge in [0.2, 0.25) is 5.91 Å². The third kappa shape index (κ3) is 4.08. The molecule has 0 bridgehead atoms. The average molecular weight is 388 g/mol. The van der Waals surface area contributed by atoms with E-state index >= 15 is 0 Å². The molecular formula is C22H20N4O3. The Morgan fingerprint density at radius 1 is 1.07 bits per heavy atom. The number of pyridine rings is 1. The van der Waals surface area contributed by atoms with Gasteiger partial charge in [0.1, 0.15) is 0 Å². The summed E-state index contributed by atoms with van der Waals surface area (Å²) in [5, 5.41) is 6.49. The van der Waals surface area contributed by atoms with Crippen molar-refractivity contribution in [3.8, 4) is 0 Å². The van der Waals surface area contributed by atoms with Crippen LogP contribution < -0.4 is 10.6 Å². The molecule has 0 saturated carbocycles. The Morgan fingerprint density at radius 3 is 2.62 bits per heavy atom. The van der Waals surface area contributed by atoms with E-state index in [4.69, 9.17) is 0 Å². The minimum atomic E-state index is -0.389. The van der Waals surface area contributed by atoms with E-state index in [0.717, 1.165) is 26.9 Å². The number of rotatable bonds is 6. The van der Waals surface area contributed by atoms with E-state index in [9.17, 15) is 14.4 Å². The van der Waals surface area contributed by atoms with Crippen molar-refractivity contribution in [1.29, 1.82) is 0 Å². The zero-order valence-corrected chi connectivity index (χ0v) is 15.7. The molecule has 2 heterocycles. The number of hydrogen-bond donors (Lipinski definition) is 2. The molecule has 2 aromatic carbocycles. The number of benzene rings is 2. The highest BCUT2D eigenvalue weighted by molar-refractivity contribution is 6.01. The number of fused-ring (bicyclic) bond motifs is 1.